The van der Waals surface area contributed by atoms with E-state index in [2.05, 4.69) is 0 Å². The Morgan fingerprint density at radius 2 is 1.83 bits per heavy atom. The van der Waals surface area contributed by atoms with E-state index in [4.69, 9.17) is 28.3 Å². The molecule has 18 heavy (non-hydrogen) atoms. The van der Waals surface area contributed by atoms with Gasteiger partial charge in [-0.15, -0.1) is 0 Å². The SMILES string of the molecule is CCN(C(=O)O)[C@H](C(=O)C(Cl)Cl)c1ccccc1. The highest BCUT2D eigenvalue weighted by atomic mass is 35.5. The third-order valence-electron chi connectivity index (χ3n) is 2.50. The number of hydrogen-bond donors (Lipinski definition) is 1. The van der Waals surface area contributed by atoms with Crippen molar-refractivity contribution in [2.45, 2.75) is 17.8 Å². The molecular weight excluding hydrogens is 277 g/mol. The summed E-state index contributed by atoms with van der Waals surface area (Å²) in [5, 5.41) is 9.12. The molecule has 0 saturated carbocycles. The van der Waals surface area contributed by atoms with Crippen LogP contribution in [0.15, 0.2) is 30.3 Å². The minimum atomic E-state index is -1.26. The van der Waals surface area contributed by atoms with Gasteiger partial charge in [0.2, 0.25) is 0 Å². The molecule has 0 bridgehead atoms. The van der Waals surface area contributed by atoms with Gasteiger partial charge >= 0.3 is 6.09 Å². The fourth-order valence-corrected chi connectivity index (χ4v) is 1.92. The first kappa shape index (κ1) is 14.8. The van der Waals surface area contributed by atoms with Gasteiger partial charge in [-0.1, -0.05) is 53.5 Å². The zero-order valence-electron chi connectivity index (χ0n) is 9.72. The summed E-state index contributed by atoms with van der Waals surface area (Å²) in [6.07, 6.45) is -1.19. The smallest absolute Gasteiger partial charge is 0.408 e. The van der Waals surface area contributed by atoms with Gasteiger partial charge in [-0.3, -0.25) is 9.69 Å². The minimum absolute atomic E-state index is 0.168. The summed E-state index contributed by atoms with van der Waals surface area (Å²) < 4.78 is 0. The van der Waals surface area contributed by atoms with Crippen LogP contribution >= 0.6 is 23.2 Å². The fraction of sp³-hybridized carbons (Fsp3) is 0.333. The van der Waals surface area contributed by atoms with Gasteiger partial charge in [-0.25, -0.2) is 4.79 Å². The van der Waals surface area contributed by atoms with E-state index in [1.165, 1.54) is 0 Å². The molecule has 1 amide bonds. The predicted octanol–water partition coefficient (Wildman–Crippen LogP) is 3.10. The molecule has 0 radical (unpaired) electrons. The van der Waals surface area contributed by atoms with E-state index in [1.54, 1.807) is 37.3 Å². The lowest BCUT2D eigenvalue weighted by molar-refractivity contribution is -0.122. The number of carboxylic acid groups (broad SMARTS) is 1. The molecule has 1 aromatic carbocycles. The Morgan fingerprint density at radius 3 is 2.22 bits per heavy atom. The van der Waals surface area contributed by atoms with Crippen LogP contribution in [0.2, 0.25) is 0 Å². The number of benzene rings is 1. The van der Waals surface area contributed by atoms with Crippen LogP contribution in [0.3, 0.4) is 0 Å². The number of rotatable bonds is 5. The maximum absolute atomic E-state index is 12.0. The van der Waals surface area contributed by atoms with Gasteiger partial charge in [0.25, 0.3) is 0 Å². The van der Waals surface area contributed by atoms with Gasteiger partial charge in [0.05, 0.1) is 0 Å². The number of amides is 1. The number of ketones is 1. The van der Waals surface area contributed by atoms with E-state index in [9.17, 15) is 9.59 Å². The second-order valence-electron chi connectivity index (χ2n) is 3.58. The van der Waals surface area contributed by atoms with Gasteiger partial charge in [0.15, 0.2) is 10.6 Å². The molecule has 6 heteroatoms. The summed E-state index contributed by atoms with van der Waals surface area (Å²) in [7, 11) is 0. The lowest BCUT2D eigenvalue weighted by Crippen LogP contribution is -2.39. The molecule has 1 atom stereocenters. The van der Waals surface area contributed by atoms with Crippen LogP contribution in [0.1, 0.15) is 18.5 Å². The molecule has 0 fully saturated rings. The highest BCUT2D eigenvalue weighted by molar-refractivity contribution is 6.54. The normalized spacial score (nSPS) is 12.2. The summed E-state index contributed by atoms with van der Waals surface area (Å²) in [5.41, 5.74) is 0.554. The van der Waals surface area contributed by atoms with Crippen molar-refractivity contribution in [3.05, 3.63) is 35.9 Å². The molecule has 0 heterocycles. The lowest BCUT2D eigenvalue weighted by atomic mass is 10.0. The second-order valence-corrected chi connectivity index (χ2v) is 4.68. The third kappa shape index (κ3) is 3.37. The predicted molar refractivity (Wildman–Crippen MR) is 70.1 cm³/mol. The first-order chi connectivity index (χ1) is 8.49. The number of carbonyl (C=O) groups is 2. The average Bonchev–Trinajstić information content (AvgIpc) is 2.35. The van der Waals surface area contributed by atoms with Crippen molar-refractivity contribution < 1.29 is 14.7 Å². The van der Waals surface area contributed by atoms with Crippen LogP contribution in [0.5, 0.6) is 0 Å². The molecule has 1 N–H and O–H groups in total. The van der Waals surface area contributed by atoms with Gasteiger partial charge in [0.1, 0.15) is 6.04 Å². The molecule has 0 saturated heterocycles. The van der Waals surface area contributed by atoms with E-state index in [-0.39, 0.29) is 6.54 Å². The largest absolute Gasteiger partial charge is 0.465 e. The first-order valence-corrected chi connectivity index (χ1v) is 6.22. The zero-order chi connectivity index (χ0) is 13.7. The van der Waals surface area contributed by atoms with Gasteiger partial charge in [-0.05, 0) is 12.5 Å². The molecule has 0 spiro atoms. The maximum Gasteiger partial charge on any atom is 0.408 e. The number of Topliss-reactive ketones (excluding diaryl/α,β-unsaturated/α-hetero) is 1. The number of hydrogen-bond acceptors (Lipinski definition) is 2. The fourth-order valence-electron chi connectivity index (χ4n) is 1.68. The van der Waals surface area contributed by atoms with Crippen molar-refractivity contribution in [3.8, 4) is 0 Å². The highest BCUT2D eigenvalue weighted by Crippen LogP contribution is 2.25. The van der Waals surface area contributed by atoms with Crippen LogP contribution in [0, 0.1) is 0 Å². The van der Waals surface area contributed by atoms with E-state index >= 15 is 0 Å². The Kier molecular flexibility index (Phi) is 5.44. The minimum Gasteiger partial charge on any atom is -0.465 e. The number of nitrogens with zero attached hydrogens (tertiary/aromatic N) is 1. The molecule has 1 rings (SSSR count). The maximum atomic E-state index is 12.0. The van der Waals surface area contributed by atoms with Crippen LogP contribution in [0.4, 0.5) is 4.79 Å². The molecule has 0 aliphatic rings. The lowest BCUT2D eigenvalue weighted by Gasteiger charge is -2.27. The Hall–Kier alpha value is -1.26. The standard InChI is InChI=1S/C12H13Cl2NO3/c1-2-15(12(17)18)9(10(16)11(13)14)8-6-4-3-5-7-8/h3-7,9,11H,2H2,1H3,(H,17,18)/t9-/m0/s1. The van der Waals surface area contributed by atoms with E-state index in [0.717, 1.165) is 4.90 Å². The molecule has 0 aliphatic carbocycles. The molecule has 98 valence electrons. The van der Waals surface area contributed by atoms with E-state index in [0.29, 0.717) is 5.56 Å². The monoisotopic (exact) mass is 289 g/mol. The number of likely N-dealkylation sites (N-methyl/N-ethyl adjacent to an activating group) is 1. The highest BCUT2D eigenvalue weighted by Gasteiger charge is 2.33. The summed E-state index contributed by atoms with van der Waals surface area (Å²) in [4.78, 5) is 22.9. The summed E-state index contributed by atoms with van der Waals surface area (Å²) in [6.45, 7) is 1.82. The van der Waals surface area contributed by atoms with Gasteiger partial charge < -0.3 is 5.11 Å². The molecule has 0 aliphatic heterocycles. The van der Waals surface area contributed by atoms with Crippen LogP contribution in [0.25, 0.3) is 0 Å². The zero-order valence-corrected chi connectivity index (χ0v) is 11.2. The van der Waals surface area contributed by atoms with Crippen LogP contribution < -0.4 is 0 Å². The van der Waals surface area contributed by atoms with Crippen molar-refractivity contribution in [2.24, 2.45) is 0 Å². The topological polar surface area (TPSA) is 57.6 Å². The number of halogens is 2. The molecule has 1 aromatic rings. The van der Waals surface area contributed by atoms with Crippen molar-refractivity contribution in [3.63, 3.8) is 0 Å². The van der Waals surface area contributed by atoms with Gasteiger partial charge in [0, 0.05) is 6.54 Å². The second kappa shape index (κ2) is 6.61. The van der Waals surface area contributed by atoms with E-state index < -0.39 is 22.8 Å². The first-order valence-electron chi connectivity index (χ1n) is 5.35. The summed E-state index contributed by atoms with van der Waals surface area (Å²) in [5.74, 6) is -0.547. The number of alkyl halides is 2. The summed E-state index contributed by atoms with van der Waals surface area (Å²) in [6, 6.07) is 7.59. The quantitative estimate of drug-likeness (QED) is 0.848. The van der Waals surface area contributed by atoms with E-state index in [1.807, 2.05) is 0 Å². The Bertz CT molecular complexity index is 423. The molecular formula is C12H13Cl2NO3. The number of carbonyl (C=O) groups excluding carboxylic acids is 1. The Morgan fingerprint density at radius 1 is 1.28 bits per heavy atom. The van der Waals surface area contributed by atoms with Crippen molar-refractivity contribution in [1.29, 1.82) is 0 Å². The van der Waals surface area contributed by atoms with Crippen molar-refractivity contribution in [1.82, 2.24) is 4.90 Å². The van der Waals surface area contributed by atoms with Crippen molar-refractivity contribution >= 4 is 35.1 Å². The molecule has 0 aromatic heterocycles. The summed E-state index contributed by atoms with van der Waals surface area (Å²) >= 11 is 11.1. The Labute approximate surface area is 115 Å². The Balaban J connectivity index is 3.18. The van der Waals surface area contributed by atoms with Gasteiger partial charge in [-0.2, -0.15) is 0 Å². The average molecular weight is 290 g/mol. The molecule has 4 nitrogen and oxygen atoms in total. The van der Waals surface area contributed by atoms with Crippen LogP contribution in [-0.2, 0) is 4.79 Å². The third-order valence-corrected chi connectivity index (χ3v) is 2.93. The van der Waals surface area contributed by atoms with Crippen molar-refractivity contribution in [2.75, 3.05) is 6.54 Å². The van der Waals surface area contributed by atoms with Crippen LogP contribution in [-0.4, -0.2) is 33.3 Å². The molecule has 0 unspecified atom stereocenters.